The molecule has 0 saturated heterocycles. The summed E-state index contributed by atoms with van der Waals surface area (Å²) in [5.41, 5.74) is 6.01. The molecule has 0 amide bonds. The fraction of sp³-hybridized carbons (Fsp3) is 0.429. The molecule has 1 rings (SSSR count). The molecule has 0 bridgehead atoms. The maximum Gasteiger partial charge on any atom is 0.257 e. The standard InChI is InChI=1S/C7H9F2N3/c1-4-5(2-11-3-12-4)6(10)7(8)9/h2-3,6-7H,10H2,1H3. The maximum atomic E-state index is 12.1. The topological polar surface area (TPSA) is 51.8 Å². The van der Waals surface area contributed by atoms with Crippen LogP contribution in [0.5, 0.6) is 0 Å². The van der Waals surface area contributed by atoms with Crippen LogP contribution in [0, 0.1) is 6.92 Å². The molecule has 1 atom stereocenters. The molecule has 0 aliphatic heterocycles. The zero-order valence-electron chi connectivity index (χ0n) is 6.54. The lowest BCUT2D eigenvalue weighted by Crippen LogP contribution is -2.20. The number of aryl methyl sites for hydroxylation is 1. The molecule has 0 aliphatic rings. The predicted octanol–water partition coefficient (Wildman–Crippen LogP) is 1.05. The minimum Gasteiger partial charge on any atom is -0.319 e. The van der Waals surface area contributed by atoms with Gasteiger partial charge in [-0.1, -0.05) is 0 Å². The van der Waals surface area contributed by atoms with Crippen molar-refractivity contribution in [2.24, 2.45) is 5.73 Å². The van der Waals surface area contributed by atoms with Crippen molar-refractivity contribution in [3.63, 3.8) is 0 Å². The Morgan fingerprint density at radius 1 is 1.50 bits per heavy atom. The summed E-state index contributed by atoms with van der Waals surface area (Å²) in [5.74, 6) is 0. The largest absolute Gasteiger partial charge is 0.319 e. The van der Waals surface area contributed by atoms with Gasteiger partial charge < -0.3 is 5.73 Å². The number of rotatable bonds is 2. The fourth-order valence-corrected chi connectivity index (χ4v) is 0.865. The van der Waals surface area contributed by atoms with Gasteiger partial charge in [-0.3, -0.25) is 0 Å². The highest BCUT2D eigenvalue weighted by molar-refractivity contribution is 5.18. The molecule has 1 aromatic rings. The van der Waals surface area contributed by atoms with Gasteiger partial charge >= 0.3 is 0 Å². The van der Waals surface area contributed by atoms with Gasteiger partial charge in [-0.2, -0.15) is 0 Å². The molecule has 5 heteroatoms. The van der Waals surface area contributed by atoms with Gasteiger partial charge in [0, 0.05) is 17.5 Å². The van der Waals surface area contributed by atoms with Crippen LogP contribution >= 0.6 is 0 Å². The van der Waals surface area contributed by atoms with E-state index in [1.54, 1.807) is 6.92 Å². The summed E-state index contributed by atoms with van der Waals surface area (Å²) < 4.78 is 24.2. The van der Waals surface area contributed by atoms with E-state index < -0.39 is 12.5 Å². The van der Waals surface area contributed by atoms with Crippen LogP contribution < -0.4 is 5.73 Å². The number of alkyl halides is 2. The molecule has 0 aliphatic carbocycles. The van der Waals surface area contributed by atoms with Gasteiger partial charge in [0.2, 0.25) is 0 Å². The van der Waals surface area contributed by atoms with Crippen molar-refractivity contribution >= 4 is 0 Å². The van der Waals surface area contributed by atoms with E-state index >= 15 is 0 Å². The van der Waals surface area contributed by atoms with Gasteiger partial charge in [0.25, 0.3) is 6.43 Å². The molecular formula is C7H9F2N3. The van der Waals surface area contributed by atoms with Gasteiger partial charge in [0.15, 0.2) is 0 Å². The summed E-state index contributed by atoms with van der Waals surface area (Å²) in [5, 5.41) is 0. The molecule has 0 spiro atoms. The predicted molar refractivity (Wildman–Crippen MR) is 39.7 cm³/mol. The van der Waals surface area contributed by atoms with Crippen LogP contribution in [0.25, 0.3) is 0 Å². The Morgan fingerprint density at radius 3 is 2.67 bits per heavy atom. The van der Waals surface area contributed by atoms with E-state index in [1.165, 1.54) is 12.5 Å². The van der Waals surface area contributed by atoms with Crippen molar-refractivity contribution in [3.05, 3.63) is 23.8 Å². The second kappa shape index (κ2) is 3.53. The first kappa shape index (κ1) is 8.99. The third-order valence-corrected chi connectivity index (χ3v) is 1.58. The van der Waals surface area contributed by atoms with Crippen LogP contribution in [0.2, 0.25) is 0 Å². The summed E-state index contributed by atoms with van der Waals surface area (Å²) in [6, 6.07) is -1.29. The monoisotopic (exact) mass is 173 g/mol. The van der Waals surface area contributed by atoms with Crippen molar-refractivity contribution < 1.29 is 8.78 Å². The first-order chi connectivity index (χ1) is 5.63. The van der Waals surface area contributed by atoms with E-state index in [0.717, 1.165) is 0 Å². The summed E-state index contributed by atoms with van der Waals surface area (Å²) in [6.45, 7) is 1.62. The molecule has 0 aromatic carbocycles. The first-order valence-electron chi connectivity index (χ1n) is 3.43. The zero-order chi connectivity index (χ0) is 9.14. The average Bonchev–Trinajstić information content (AvgIpc) is 2.04. The molecule has 66 valence electrons. The smallest absolute Gasteiger partial charge is 0.257 e. The number of nitrogens with zero attached hydrogens (tertiary/aromatic N) is 2. The Morgan fingerprint density at radius 2 is 2.17 bits per heavy atom. The Hall–Kier alpha value is -1.10. The highest BCUT2D eigenvalue weighted by Gasteiger charge is 2.19. The molecule has 1 heterocycles. The SMILES string of the molecule is Cc1ncncc1C(N)C(F)F. The fourth-order valence-electron chi connectivity index (χ4n) is 0.865. The highest BCUT2D eigenvalue weighted by atomic mass is 19.3. The van der Waals surface area contributed by atoms with Crippen LogP contribution in [-0.4, -0.2) is 16.4 Å². The zero-order valence-corrected chi connectivity index (χ0v) is 6.54. The second-order valence-electron chi connectivity index (χ2n) is 2.42. The van der Waals surface area contributed by atoms with E-state index in [1.807, 2.05) is 0 Å². The average molecular weight is 173 g/mol. The molecular weight excluding hydrogens is 164 g/mol. The molecule has 12 heavy (non-hydrogen) atoms. The van der Waals surface area contributed by atoms with Crippen LogP contribution in [0.3, 0.4) is 0 Å². The summed E-state index contributed by atoms with van der Waals surface area (Å²) in [6.07, 6.45) is 0.0469. The van der Waals surface area contributed by atoms with Crippen molar-refractivity contribution in [1.29, 1.82) is 0 Å². The molecule has 0 fully saturated rings. The van der Waals surface area contributed by atoms with Crippen LogP contribution in [0.15, 0.2) is 12.5 Å². The third-order valence-electron chi connectivity index (χ3n) is 1.58. The lowest BCUT2D eigenvalue weighted by atomic mass is 10.1. The molecule has 0 radical (unpaired) electrons. The van der Waals surface area contributed by atoms with E-state index in [9.17, 15) is 8.78 Å². The minimum absolute atomic E-state index is 0.299. The van der Waals surface area contributed by atoms with Crippen molar-refractivity contribution in [2.45, 2.75) is 19.4 Å². The van der Waals surface area contributed by atoms with E-state index in [4.69, 9.17) is 5.73 Å². The molecule has 0 saturated carbocycles. The van der Waals surface area contributed by atoms with Gasteiger partial charge in [0.05, 0.1) is 6.04 Å². The molecule has 1 aromatic heterocycles. The maximum absolute atomic E-state index is 12.1. The third kappa shape index (κ3) is 1.73. The quantitative estimate of drug-likeness (QED) is 0.727. The Kier molecular flexibility index (Phi) is 2.65. The van der Waals surface area contributed by atoms with Crippen LogP contribution in [0.4, 0.5) is 8.78 Å². The van der Waals surface area contributed by atoms with Gasteiger partial charge in [-0.05, 0) is 6.92 Å². The number of nitrogens with two attached hydrogens (primary N) is 1. The van der Waals surface area contributed by atoms with Gasteiger partial charge in [-0.15, -0.1) is 0 Å². The van der Waals surface area contributed by atoms with E-state index in [2.05, 4.69) is 9.97 Å². The number of aromatic nitrogens is 2. The Balaban J connectivity index is 2.94. The normalized spacial score (nSPS) is 13.4. The second-order valence-corrected chi connectivity index (χ2v) is 2.42. The lowest BCUT2D eigenvalue weighted by molar-refractivity contribution is 0.116. The van der Waals surface area contributed by atoms with Crippen LogP contribution in [0.1, 0.15) is 17.3 Å². The van der Waals surface area contributed by atoms with Crippen molar-refractivity contribution in [1.82, 2.24) is 9.97 Å². The van der Waals surface area contributed by atoms with E-state index in [0.29, 0.717) is 11.3 Å². The minimum atomic E-state index is -2.57. The van der Waals surface area contributed by atoms with Gasteiger partial charge in [-0.25, -0.2) is 18.7 Å². The number of hydrogen-bond donors (Lipinski definition) is 1. The summed E-state index contributed by atoms with van der Waals surface area (Å²) in [7, 11) is 0. The van der Waals surface area contributed by atoms with E-state index in [-0.39, 0.29) is 0 Å². The van der Waals surface area contributed by atoms with Crippen LogP contribution in [-0.2, 0) is 0 Å². The summed E-state index contributed by atoms with van der Waals surface area (Å²) >= 11 is 0. The van der Waals surface area contributed by atoms with Crippen molar-refractivity contribution in [2.75, 3.05) is 0 Å². The molecule has 1 unspecified atom stereocenters. The summed E-state index contributed by atoms with van der Waals surface area (Å²) in [4.78, 5) is 7.38. The number of hydrogen-bond acceptors (Lipinski definition) is 3. The molecule has 2 N–H and O–H groups in total. The Bertz CT molecular complexity index is 265. The number of halogens is 2. The lowest BCUT2D eigenvalue weighted by Gasteiger charge is -2.11. The van der Waals surface area contributed by atoms with Gasteiger partial charge in [0.1, 0.15) is 6.33 Å². The Labute approximate surface area is 68.6 Å². The highest BCUT2D eigenvalue weighted by Crippen LogP contribution is 2.18. The first-order valence-corrected chi connectivity index (χ1v) is 3.43. The van der Waals surface area contributed by atoms with Crippen molar-refractivity contribution in [3.8, 4) is 0 Å². The molecule has 3 nitrogen and oxygen atoms in total.